The first-order valence-corrected chi connectivity index (χ1v) is 8.43. The van der Waals surface area contributed by atoms with E-state index in [0.717, 1.165) is 24.1 Å². The fraction of sp³-hybridized carbons (Fsp3) is 0.333. The van der Waals surface area contributed by atoms with Crippen molar-refractivity contribution in [3.05, 3.63) is 59.2 Å². The summed E-state index contributed by atoms with van der Waals surface area (Å²) in [7, 11) is 0. The molecule has 1 aromatic rings. The number of hydrogen-bond acceptors (Lipinski definition) is 2. The van der Waals surface area contributed by atoms with Crippen LogP contribution in [-0.2, 0) is 9.59 Å². The predicted molar refractivity (Wildman–Crippen MR) is 97.5 cm³/mol. The topological polar surface area (TPSA) is 46.2 Å². The van der Waals surface area contributed by atoms with Gasteiger partial charge in [-0.1, -0.05) is 43.7 Å². The first-order chi connectivity index (χ1) is 11.4. The van der Waals surface area contributed by atoms with Crippen LogP contribution in [0, 0.1) is 5.41 Å². The number of anilines is 1. The molecule has 3 nitrogen and oxygen atoms in total. The van der Waals surface area contributed by atoms with Crippen LogP contribution in [0.4, 0.5) is 5.69 Å². The van der Waals surface area contributed by atoms with Crippen LogP contribution in [-0.4, -0.2) is 11.7 Å². The molecular weight excluding hydrogens is 298 g/mol. The number of nitrogens with one attached hydrogen (secondary N) is 1. The monoisotopic (exact) mass is 321 g/mol. The maximum atomic E-state index is 12.3. The minimum absolute atomic E-state index is 0.101. The molecule has 0 saturated heterocycles. The molecule has 1 aliphatic carbocycles. The van der Waals surface area contributed by atoms with Gasteiger partial charge in [-0.2, -0.15) is 0 Å². The Balaban J connectivity index is 1.85. The van der Waals surface area contributed by atoms with Crippen molar-refractivity contribution in [2.75, 3.05) is 5.32 Å². The molecule has 1 aliphatic heterocycles. The van der Waals surface area contributed by atoms with Crippen molar-refractivity contribution in [3.63, 3.8) is 0 Å². The van der Waals surface area contributed by atoms with Crippen molar-refractivity contribution in [2.45, 2.75) is 40.0 Å². The highest BCUT2D eigenvalue weighted by Gasteiger charge is 2.27. The molecule has 0 radical (unpaired) electrons. The van der Waals surface area contributed by atoms with Gasteiger partial charge < -0.3 is 5.32 Å². The standard InChI is InChI=1S/C21H23NO2/c1-14-7-6-12-21(2,3)18(14)11-10-15(23)13-17-16-8-4-5-9-19(16)22-20(17)24/h4-5,8-11,13H,6-7,12H2,1-3H3,(H,22,24). The molecule has 24 heavy (non-hydrogen) atoms. The first kappa shape index (κ1) is 16.4. The van der Waals surface area contributed by atoms with Gasteiger partial charge in [-0.15, -0.1) is 0 Å². The van der Waals surface area contributed by atoms with Gasteiger partial charge in [0.15, 0.2) is 5.78 Å². The number of hydrogen-bond donors (Lipinski definition) is 1. The third kappa shape index (κ3) is 3.12. The first-order valence-electron chi connectivity index (χ1n) is 8.43. The maximum Gasteiger partial charge on any atom is 0.256 e. The van der Waals surface area contributed by atoms with Gasteiger partial charge in [-0.3, -0.25) is 9.59 Å². The fourth-order valence-corrected chi connectivity index (χ4v) is 3.65. The Morgan fingerprint density at radius 3 is 2.75 bits per heavy atom. The second kappa shape index (κ2) is 6.23. The summed E-state index contributed by atoms with van der Waals surface area (Å²) in [5.41, 5.74) is 4.69. The molecule has 0 spiro atoms. The normalized spacial score (nSPS) is 21.3. The van der Waals surface area contributed by atoms with Crippen molar-refractivity contribution < 1.29 is 9.59 Å². The molecule has 1 heterocycles. The number of amides is 1. The molecule has 3 heteroatoms. The van der Waals surface area contributed by atoms with Crippen LogP contribution in [0.25, 0.3) is 5.57 Å². The molecule has 0 unspecified atom stereocenters. The van der Waals surface area contributed by atoms with Crippen molar-refractivity contribution in [1.29, 1.82) is 0 Å². The van der Waals surface area contributed by atoms with E-state index in [1.807, 2.05) is 30.3 Å². The molecule has 0 bridgehead atoms. The van der Waals surface area contributed by atoms with Crippen LogP contribution >= 0.6 is 0 Å². The number of carbonyl (C=O) groups excluding carboxylic acids is 2. The SMILES string of the molecule is CC1=C(C=CC(=O)C=C2C(=O)Nc3ccccc32)C(C)(C)CCC1. The summed E-state index contributed by atoms with van der Waals surface area (Å²) in [4.78, 5) is 24.4. The highest BCUT2D eigenvalue weighted by Crippen LogP contribution is 2.40. The second-order valence-corrected chi connectivity index (χ2v) is 7.22. The highest BCUT2D eigenvalue weighted by molar-refractivity contribution is 6.34. The zero-order chi connectivity index (χ0) is 17.3. The molecule has 0 saturated carbocycles. The predicted octanol–water partition coefficient (Wildman–Crippen LogP) is 4.67. The molecule has 0 atom stereocenters. The minimum atomic E-state index is -0.216. The van der Waals surface area contributed by atoms with E-state index in [-0.39, 0.29) is 17.1 Å². The summed E-state index contributed by atoms with van der Waals surface area (Å²) >= 11 is 0. The minimum Gasteiger partial charge on any atom is -0.321 e. The quantitative estimate of drug-likeness (QED) is 0.822. The number of fused-ring (bicyclic) bond motifs is 1. The van der Waals surface area contributed by atoms with E-state index < -0.39 is 0 Å². The lowest BCUT2D eigenvalue weighted by Crippen LogP contribution is -2.19. The van der Waals surface area contributed by atoms with Crippen molar-refractivity contribution in [3.8, 4) is 0 Å². The average molecular weight is 321 g/mol. The number of ketones is 1. The molecule has 2 aliphatic rings. The molecule has 1 N–H and O–H groups in total. The van der Waals surface area contributed by atoms with Gasteiger partial charge in [-0.05, 0) is 55.4 Å². The highest BCUT2D eigenvalue weighted by atomic mass is 16.2. The van der Waals surface area contributed by atoms with E-state index in [4.69, 9.17) is 0 Å². The summed E-state index contributed by atoms with van der Waals surface area (Å²) in [5, 5.41) is 2.79. The summed E-state index contributed by atoms with van der Waals surface area (Å²) in [5.74, 6) is -0.370. The third-order valence-corrected chi connectivity index (χ3v) is 4.95. The van der Waals surface area contributed by atoms with Gasteiger partial charge in [-0.25, -0.2) is 0 Å². The molecular formula is C21H23NO2. The smallest absolute Gasteiger partial charge is 0.256 e. The van der Waals surface area contributed by atoms with E-state index >= 15 is 0 Å². The fourth-order valence-electron chi connectivity index (χ4n) is 3.65. The van der Waals surface area contributed by atoms with Crippen LogP contribution in [0.2, 0.25) is 0 Å². The Labute approximate surface area is 143 Å². The lowest BCUT2D eigenvalue weighted by Gasteiger charge is -2.32. The van der Waals surface area contributed by atoms with Crippen LogP contribution in [0.3, 0.4) is 0 Å². The molecule has 3 rings (SSSR count). The largest absolute Gasteiger partial charge is 0.321 e. The Kier molecular flexibility index (Phi) is 4.27. The van der Waals surface area contributed by atoms with Gasteiger partial charge in [0, 0.05) is 11.3 Å². The Morgan fingerprint density at radius 2 is 2.00 bits per heavy atom. The van der Waals surface area contributed by atoms with Crippen LogP contribution in [0.15, 0.2) is 53.6 Å². The Bertz CT molecular complexity index is 794. The van der Waals surface area contributed by atoms with E-state index in [0.29, 0.717) is 5.57 Å². The van der Waals surface area contributed by atoms with Gasteiger partial charge in [0.1, 0.15) is 0 Å². The number of allylic oxidation sites excluding steroid dienone is 5. The van der Waals surface area contributed by atoms with Crippen molar-refractivity contribution >= 4 is 23.0 Å². The number of para-hydroxylation sites is 1. The lowest BCUT2D eigenvalue weighted by molar-refractivity contribution is -0.112. The Morgan fingerprint density at radius 1 is 1.25 bits per heavy atom. The number of rotatable bonds is 3. The van der Waals surface area contributed by atoms with Crippen LogP contribution in [0.1, 0.15) is 45.6 Å². The summed E-state index contributed by atoms with van der Waals surface area (Å²) < 4.78 is 0. The van der Waals surface area contributed by atoms with E-state index in [1.165, 1.54) is 23.6 Å². The van der Waals surface area contributed by atoms with Gasteiger partial charge >= 0.3 is 0 Å². The Hall–Kier alpha value is -2.42. The van der Waals surface area contributed by atoms with Gasteiger partial charge in [0.25, 0.3) is 5.91 Å². The molecule has 124 valence electrons. The lowest BCUT2D eigenvalue weighted by atomic mass is 9.72. The zero-order valence-corrected chi connectivity index (χ0v) is 14.5. The van der Waals surface area contributed by atoms with Gasteiger partial charge in [0.2, 0.25) is 0 Å². The summed E-state index contributed by atoms with van der Waals surface area (Å²) in [6.45, 7) is 6.59. The third-order valence-electron chi connectivity index (χ3n) is 4.95. The maximum absolute atomic E-state index is 12.3. The van der Waals surface area contributed by atoms with Crippen molar-refractivity contribution in [2.24, 2.45) is 5.41 Å². The van der Waals surface area contributed by atoms with E-state index in [1.54, 1.807) is 6.08 Å². The van der Waals surface area contributed by atoms with Crippen LogP contribution in [0.5, 0.6) is 0 Å². The number of carbonyl (C=O) groups is 2. The summed E-state index contributed by atoms with van der Waals surface area (Å²) in [6.07, 6.45) is 8.39. The zero-order valence-electron chi connectivity index (χ0n) is 14.5. The van der Waals surface area contributed by atoms with E-state index in [9.17, 15) is 9.59 Å². The van der Waals surface area contributed by atoms with Gasteiger partial charge in [0.05, 0.1) is 5.57 Å². The molecule has 1 amide bonds. The molecule has 0 aromatic heterocycles. The summed E-state index contributed by atoms with van der Waals surface area (Å²) in [6, 6.07) is 7.43. The second-order valence-electron chi connectivity index (χ2n) is 7.22. The average Bonchev–Trinajstić information content (AvgIpc) is 2.82. The number of benzene rings is 1. The van der Waals surface area contributed by atoms with E-state index in [2.05, 4.69) is 26.1 Å². The molecule has 0 fully saturated rings. The van der Waals surface area contributed by atoms with Crippen molar-refractivity contribution in [1.82, 2.24) is 0 Å². The molecule has 1 aromatic carbocycles. The van der Waals surface area contributed by atoms with Crippen LogP contribution < -0.4 is 5.32 Å².